The van der Waals surface area contributed by atoms with Crippen LogP contribution in [0, 0.1) is 6.92 Å². The molecule has 0 atom stereocenters. The summed E-state index contributed by atoms with van der Waals surface area (Å²) in [4.78, 5) is 22.3. The first kappa shape index (κ1) is 28.6. The number of nitrogens with one attached hydrogen (secondary N) is 1. The number of carbonyl (C=O) groups excluding carboxylic acids is 2. The summed E-state index contributed by atoms with van der Waals surface area (Å²) in [5, 5.41) is 14.6. The summed E-state index contributed by atoms with van der Waals surface area (Å²) in [6.07, 6.45) is 1.34. The van der Waals surface area contributed by atoms with E-state index in [1.54, 1.807) is 0 Å². The molecule has 6 nitrogen and oxygen atoms in total. The van der Waals surface area contributed by atoms with Crippen molar-refractivity contribution in [1.82, 2.24) is 4.37 Å². The Morgan fingerprint density at radius 3 is 2.08 bits per heavy atom. The van der Waals surface area contributed by atoms with Crippen LogP contribution in [0.4, 0.5) is 5.69 Å². The fourth-order valence-electron chi connectivity index (χ4n) is 4.11. The quantitative estimate of drug-likeness (QED) is 0.281. The van der Waals surface area contributed by atoms with Crippen molar-refractivity contribution < 1.29 is 49.0 Å². The van der Waals surface area contributed by atoms with Crippen LogP contribution in [0.1, 0.15) is 28.8 Å². The first-order chi connectivity index (χ1) is 17.5. The van der Waals surface area contributed by atoms with Gasteiger partial charge in [-0.2, -0.15) is 4.37 Å². The van der Waals surface area contributed by atoms with Crippen molar-refractivity contribution >= 4 is 29.7 Å². The maximum absolute atomic E-state index is 11.3. The number of aromatic nitrogens is 1. The predicted molar refractivity (Wildman–Crippen MR) is 140 cm³/mol. The van der Waals surface area contributed by atoms with Crippen molar-refractivity contribution in [3.05, 3.63) is 94.9 Å². The molecule has 37 heavy (non-hydrogen) atoms. The number of benzene rings is 3. The molecule has 0 unspecified atom stereocenters. The maximum atomic E-state index is 11.3. The van der Waals surface area contributed by atoms with Gasteiger partial charge in [0.25, 0.3) is 6.47 Å². The second kappa shape index (κ2) is 13.0. The number of carboxylic acid groups (broad SMARTS) is 1. The molecule has 0 aliphatic heterocycles. The van der Waals surface area contributed by atoms with Crippen molar-refractivity contribution in [2.24, 2.45) is 0 Å². The summed E-state index contributed by atoms with van der Waals surface area (Å²) in [5.41, 5.74) is 6.38. The van der Waals surface area contributed by atoms with Gasteiger partial charge in [-0.3, -0.25) is 4.79 Å². The fourth-order valence-corrected chi connectivity index (χ4v) is 4.82. The number of ether oxygens (including phenoxy) is 1. The molecule has 1 aliphatic rings. The minimum Gasteiger partial charge on any atom is -0.549 e. The minimum absolute atomic E-state index is 0. The minimum atomic E-state index is -0.964. The van der Waals surface area contributed by atoms with Crippen LogP contribution >= 0.6 is 11.5 Å². The Balaban J connectivity index is 0.000000293. The molecule has 1 aliphatic carbocycles. The van der Waals surface area contributed by atoms with Crippen molar-refractivity contribution in [2.75, 3.05) is 12.4 Å². The number of carboxylic acids is 1. The molecular formula is C29H27N2NaO4S. The molecule has 0 bridgehead atoms. The smallest absolute Gasteiger partial charge is 0.549 e. The van der Waals surface area contributed by atoms with Gasteiger partial charge in [-0.05, 0) is 53.6 Å². The normalized spacial score (nSPS) is 12.8. The molecule has 0 saturated heterocycles. The number of hydrogen-bond donors (Lipinski definition) is 1. The zero-order valence-electron chi connectivity index (χ0n) is 21.2. The standard InChI is InChI=1S/C21H20N2O2S.C8H8O2.Na/c1-13-18(22-2)19(23-26-13)16-5-3-14(4-6-16)15-7-9-17(10-8-15)21(11-12-21)20(24)25;9-7-10-6-8-4-2-1-3-5-8;/h3-10,22H,11-12H2,1-2H3,(H,24,25);1-5,7H,6H2;/q;;+1/p-1. The van der Waals surface area contributed by atoms with Gasteiger partial charge in [0, 0.05) is 22.9 Å². The van der Waals surface area contributed by atoms with Gasteiger partial charge in [-0.25, -0.2) is 0 Å². The Morgan fingerprint density at radius 1 is 1.00 bits per heavy atom. The van der Waals surface area contributed by atoms with Gasteiger partial charge in [0.05, 0.1) is 11.7 Å². The van der Waals surface area contributed by atoms with E-state index in [0.717, 1.165) is 39.2 Å². The third kappa shape index (κ3) is 6.67. The van der Waals surface area contributed by atoms with Gasteiger partial charge in [-0.1, -0.05) is 78.9 Å². The van der Waals surface area contributed by atoms with Crippen molar-refractivity contribution in [2.45, 2.75) is 31.8 Å². The predicted octanol–water partition coefficient (Wildman–Crippen LogP) is 1.97. The van der Waals surface area contributed by atoms with E-state index in [2.05, 4.69) is 45.6 Å². The zero-order valence-corrected chi connectivity index (χ0v) is 24.0. The van der Waals surface area contributed by atoms with Gasteiger partial charge >= 0.3 is 29.6 Å². The number of nitrogens with zero attached hydrogens (tertiary/aromatic N) is 1. The zero-order chi connectivity index (χ0) is 25.5. The topological polar surface area (TPSA) is 91.4 Å². The second-order valence-electron chi connectivity index (χ2n) is 8.63. The largest absolute Gasteiger partial charge is 1.00 e. The summed E-state index contributed by atoms with van der Waals surface area (Å²) >= 11 is 1.50. The van der Waals surface area contributed by atoms with Crippen LogP contribution in [0.5, 0.6) is 0 Å². The molecule has 1 saturated carbocycles. The van der Waals surface area contributed by atoms with Gasteiger partial charge in [-0.15, -0.1) is 0 Å². The number of aryl methyl sites for hydroxylation is 1. The van der Waals surface area contributed by atoms with Crippen LogP contribution in [-0.2, 0) is 26.3 Å². The Bertz CT molecular complexity index is 1320. The van der Waals surface area contributed by atoms with Gasteiger partial charge in [0.2, 0.25) is 0 Å². The molecule has 0 spiro atoms. The molecule has 0 amide bonds. The summed E-state index contributed by atoms with van der Waals surface area (Å²) < 4.78 is 9.08. The SMILES string of the molecule is CNc1c(-c2ccc(-c3ccc(C4(C(=O)[O-])CC4)cc3)cc2)nsc1C.O=COCc1ccccc1.[Na+]. The number of hydrogen-bond acceptors (Lipinski definition) is 7. The average Bonchev–Trinajstić information content (AvgIpc) is 3.66. The van der Waals surface area contributed by atoms with Crippen molar-refractivity contribution in [3.63, 3.8) is 0 Å². The van der Waals surface area contributed by atoms with E-state index < -0.39 is 11.4 Å². The molecule has 0 radical (unpaired) electrons. The van der Waals surface area contributed by atoms with Crippen LogP contribution in [-0.4, -0.2) is 23.9 Å². The monoisotopic (exact) mass is 522 g/mol. The van der Waals surface area contributed by atoms with Gasteiger partial charge in [0.15, 0.2) is 0 Å². The fraction of sp³-hybridized carbons (Fsp3) is 0.207. The van der Waals surface area contributed by atoms with Crippen LogP contribution in [0.25, 0.3) is 22.4 Å². The summed E-state index contributed by atoms with van der Waals surface area (Å²) in [5.74, 6) is -0.964. The van der Waals surface area contributed by atoms with Crippen LogP contribution < -0.4 is 40.0 Å². The first-order valence-corrected chi connectivity index (χ1v) is 12.4. The van der Waals surface area contributed by atoms with Crippen molar-refractivity contribution in [1.29, 1.82) is 0 Å². The van der Waals surface area contributed by atoms with E-state index in [9.17, 15) is 14.7 Å². The molecular weight excluding hydrogens is 495 g/mol. The number of anilines is 1. The van der Waals surface area contributed by atoms with E-state index in [1.807, 2.05) is 61.6 Å². The van der Waals surface area contributed by atoms with Crippen LogP contribution in [0.3, 0.4) is 0 Å². The van der Waals surface area contributed by atoms with Gasteiger partial charge < -0.3 is 20.0 Å². The number of aliphatic carboxylic acids is 1. The maximum Gasteiger partial charge on any atom is 1.00 e. The Hall–Kier alpha value is -2.97. The second-order valence-corrected chi connectivity index (χ2v) is 9.61. The Kier molecular flexibility index (Phi) is 10.1. The van der Waals surface area contributed by atoms with E-state index in [0.29, 0.717) is 25.9 Å². The van der Waals surface area contributed by atoms with Crippen LogP contribution in [0.15, 0.2) is 78.9 Å². The summed E-state index contributed by atoms with van der Waals surface area (Å²) in [6.45, 7) is 2.87. The third-order valence-corrected chi connectivity index (χ3v) is 7.10. The number of rotatable bonds is 8. The Morgan fingerprint density at radius 2 is 1.57 bits per heavy atom. The molecule has 4 aromatic rings. The molecule has 1 aromatic heterocycles. The molecule has 184 valence electrons. The first-order valence-electron chi connectivity index (χ1n) is 11.6. The third-order valence-electron chi connectivity index (χ3n) is 6.34. The molecule has 8 heteroatoms. The molecule has 1 fully saturated rings. The van der Waals surface area contributed by atoms with E-state index in [4.69, 9.17) is 0 Å². The van der Waals surface area contributed by atoms with Gasteiger partial charge in [0.1, 0.15) is 12.3 Å². The number of carbonyl (C=O) groups is 2. The molecule has 3 aromatic carbocycles. The molecule has 1 heterocycles. The summed E-state index contributed by atoms with van der Waals surface area (Å²) in [7, 11) is 1.91. The van der Waals surface area contributed by atoms with Crippen molar-refractivity contribution in [3.8, 4) is 22.4 Å². The molecule has 5 rings (SSSR count). The van der Waals surface area contributed by atoms with Crippen LogP contribution in [0.2, 0.25) is 0 Å². The van der Waals surface area contributed by atoms with E-state index in [-0.39, 0.29) is 29.6 Å². The summed E-state index contributed by atoms with van der Waals surface area (Å²) in [6, 6.07) is 25.6. The Labute approximate surface area is 243 Å². The average molecular weight is 523 g/mol. The molecule has 1 N–H and O–H groups in total. The van der Waals surface area contributed by atoms with E-state index >= 15 is 0 Å². The van der Waals surface area contributed by atoms with E-state index in [1.165, 1.54) is 16.4 Å².